The third-order valence-electron chi connectivity index (χ3n) is 3.96. The van der Waals surface area contributed by atoms with E-state index in [9.17, 15) is 4.79 Å². The molecule has 1 saturated heterocycles. The van der Waals surface area contributed by atoms with Crippen LogP contribution in [0.2, 0.25) is 5.02 Å². The van der Waals surface area contributed by atoms with E-state index in [4.69, 9.17) is 21.1 Å². The number of carbonyl (C=O) groups excluding carboxylic acids is 1. The third-order valence-corrected chi connectivity index (χ3v) is 4.19. The Kier molecular flexibility index (Phi) is 6.49. The Morgan fingerprint density at radius 2 is 2.09 bits per heavy atom. The molecule has 0 bridgehead atoms. The van der Waals surface area contributed by atoms with E-state index in [0.717, 1.165) is 32.5 Å². The molecule has 1 aromatic carbocycles. The van der Waals surface area contributed by atoms with Gasteiger partial charge in [0.15, 0.2) is 0 Å². The van der Waals surface area contributed by atoms with Gasteiger partial charge in [0.05, 0.1) is 18.9 Å². The molecular weight excluding hydrogens is 304 g/mol. The maximum absolute atomic E-state index is 12.1. The van der Waals surface area contributed by atoms with Gasteiger partial charge in [-0.05, 0) is 31.0 Å². The van der Waals surface area contributed by atoms with Gasteiger partial charge in [-0.15, -0.1) is 0 Å². The molecule has 0 radical (unpaired) electrons. The zero-order valence-corrected chi connectivity index (χ0v) is 13.9. The first kappa shape index (κ1) is 17.1. The van der Waals surface area contributed by atoms with Crippen molar-refractivity contribution < 1.29 is 14.3 Å². The highest BCUT2D eigenvalue weighted by Gasteiger charge is 2.19. The van der Waals surface area contributed by atoms with Gasteiger partial charge in [0, 0.05) is 38.2 Å². The molecule has 122 valence electrons. The Morgan fingerprint density at radius 1 is 1.36 bits per heavy atom. The number of piperidine rings is 1. The molecule has 1 heterocycles. The van der Waals surface area contributed by atoms with Gasteiger partial charge in [-0.2, -0.15) is 0 Å². The van der Waals surface area contributed by atoms with Crippen LogP contribution in [0.4, 0.5) is 5.69 Å². The highest BCUT2D eigenvalue weighted by Crippen LogP contribution is 2.27. The van der Waals surface area contributed by atoms with E-state index in [1.165, 1.54) is 0 Å². The highest BCUT2D eigenvalue weighted by atomic mass is 35.5. The molecule has 0 atom stereocenters. The van der Waals surface area contributed by atoms with Gasteiger partial charge >= 0.3 is 0 Å². The summed E-state index contributed by atoms with van der Waals surface area (Å²) < 4.78 is 10.6. The number of methoxy groups -OCH3 is 2. The number of hydrogen-bond acceptors (Lipinski definition) is 4. The molecule has 5 nitrogen and oxygen atoms in total. The van der Waals surface area contributed by atoms with Crippen LogP contribution in [0.25, 0.3) is 0 Å². The normalized spacial score (nSPS) is 16.5. The summed E-state index contributed by atoms with van der Waals surface area (Å²) >= 11 is 5.96. The second-order valence-electron chi connectivity index (χ2n) is 5.42. The first-order valence-electron chi connectivity index (χ1n) is 7.51. The Labute approximate surface area is 136 Å². The van der Waals surface area contributed by atoms with Crippen molar-refractivity contribution in [2.24, 2.45) is 0 Å². The summed E-state index contributed by atoms with van der Waals surface area (Å²) in [7, 11) is 3.32. The van der Waals surface area contributed by atoms with Crippen LogP contribution in [-0.2, 0) is 9.53 Å². The van der Waals surface area contributed by atoms with Crippen LogP contribution in [0.15, 0.2) is 18.2 Å². The summed E-state index contributed by atoms with van der Waals surface area (Å²) in [5.74, 6) is 0.577. The summed E-state index contributed by atoms with van der Waals surface area (Å²) in [6, 6.07) is 5.17. The number of amides is 1. The van der Waals surface area contributed by atoms with E-state index in [1.807, 2.05) is 0 Å². The SMILES string of the molecule is COc1ccc(Cl)cc1NC(=O)CCN1CCC(OC)CC1. The van der Waals surface area contributed by atoms with Gasteiger partial charge in [0.25, 0.3) is 0 Å². The number of halogens is 1. The average molecular weight is 327 g/mol. The lowest BCUT2D eigenvalue weighted by Gasteiger charge is -2.30. The van der Waals surface area contributed by atoms with Gasteiger partial charge < -0.3 is 19.7 Å². The number of carbonyl (C=O) groups is 1. The van der Waals surface area contributed by atoms with Crippen molar-refractivity contribution in [2.75, 3.05) is 39.2 Å². The number of likely N-dealkylation sites (tertiary alicyclic amines) is 1. The molecule has 1 aliphatic heterocycles. The predicted octanol–water partition coefficient (Wildman–Crippen LogP) is 2.79. The lowest BCUT2D eigenvalue weighted by molar-refractivity contribution is -0.116. The molecule has 6 heteroatoms. The Bertz CT molecular complexity index is 502. The van der Waals surface area contributed by atoms with Crippen LogP contribution >= 0.6 is 11.6 Å². The highest BCUT2D eigenvalue weighted by molar-refractivity contribution is 6.31. The molecule has 2 rings (SSSR count). The second-order valence-corrected chi connectivity index (χ2v) is 5.86. The van der Waals surface area contributed by atoms with Crippen molar-refractivity contribution >= 4 is 23.2 Å². The summed E-state index contributed by atoms with van der Waals surface area (Å²) in [4.78, 5) is 14.4. The van der Waals surface area contributed by atoms with Crippen LogP contribution in [-0.4, -0.2) is 50.8 Å². The molecule has 0 spiro atoms. The number of ether oxygens (including phenoxy) is 2. The van der Waals surface area contributed by atoms with E-state index in [2.05, 4.69) is 10.2 Å². The van der Waals surface area contributed by atoms with Crippen molar-refractivity contribution in [1.29, 1.82) is 0 Å². The Hall–Kier alpha value is -1.30. The monoisotopic (exact) mass is 326 g/mol. The molecule has 22 heavy (non-hydrogen) atoms. The van der Waals surface area contributed by atoms with Crippen molar-refractivity contribution in [2.45, 2.75) is 25.4 Å². The molecule has 1 N–H and O–H groups in total. The van der Waals surface area contributed by atoms with Gasteiger partial charge in [0.2, 0.25) is 5.91 Å². The molecule has 0 aromatic heterocycles. The second kappa shape index (κ2) is 8.36. The Morgan fingerprint density at radius 3 is 2.73 bits per heavy atom. The largest absolute Gasteiger partial charge is 0.495 e. The van der Waals surface area contributed by atoms with Crippen LogP contribution in [0.5, 0.6) is 5.75 Å². The number of rotatable bonds is 6. The van der Waals surface area contributed by atoms with E-state index in [-0.39, 0.29) is 5.91 Å². The van der Waals surface area contributed by atoms with Crippen molar-refractivity contribution in [3.8, 4) is 5.75 Å². The topological polar surface area (TPSA) is 50.8 Å². The van der Waals surface area contributed by atoms with E-state index in [1.54, 1.807) is 32.4 Å². The minimum atomic E-state index is -0.0329. The minimum absolute atomic E-state index is 0.0329. The summed E-state index contributed by atoms with van der Waals surface area (Å²) in [6.07, 6.45) is 2.87. The van der Waals surface area contributed by atoms with E-state index < -0.39 is 0 Å². The van der Waals surface area contributed by atoms with Gasteiger partial charge in [-0.25, -0.2) is 0 Å². The number of benzene rings is 1. The zero-order chi connectivity index (χ0) is 15.9. The molecule has 0 unspecified atom stereocenters. The summed E-state index contributed by atoms with van der Waals surface area (Å²) in [5, 5.41) is 3.43. The number of nitrogens with one attached hydrogen (secondary N) is 1. The summed E-state index contributed by atoms with van der Waals surface area (Å²) in [6.45, 7) is 2.71. The van der Waals surface area contributed by atoms with Crippen LogP contribution in [0.3, 0.4) is 0 Å². The van der Waals surface area contributed by atoms with Gasteiger partial charge in [-0.1, -0.05) is 11.6 Å². The zero-order valence-electron chi connectivity index (χ0n) is 13.1. The molecule has 1 aromatic rings. The van der Waals surface area contributed by atoms with Crippen LogP contribution < -0.4 is 10.1 Å². The fourth-order valence-electron chi connectivity index (χ4n) is 2.62. The minimum Gasteiger partial charge on any atom is -0.495 e. The van der Waals surface area contributed by atoms with Crippen molar-refractivity contribution in [3.63, 3.8) is 0 Å². The van der Waals surface area contributed by atoms with Gasteiger partial charge in [-0.3, -0.25) is 4.79 Å². The van der Waals surface area contributed by atoms with Crippen molar-refractivity contribution in [1.82, 2.24) is 4.90 Å². The molecule has 0 saturated carbocycles. The maximum atomic E-state index is 12.1. The number of hydrogen-bond donors (Lipinski definition) is 1. The van der Waals surface area contributed by atoms with Crippen LogP contribution in [0.1, 0.15) is 19.3 Å². The lowest BCUT2D eigenvalue weighted by Crippen LogP contribution is -2.38. The molecule has 0 aliphatic carbocycles. The maximum Gasteiger partial charge on any atom is 0.225 e. The first-order valence-corrected chi connectivity index (χ1v) is 7.88. The van der Waals surface area contributed by atoms with E-state index in [0.29, 0.717) is 29.0 Å². The van der Waals surface area contributed by atoms with Crippen molar-refractivity contribution in [3.05, 3.63) is 23.2 Å². The predicted molar refractivity (Wildman–Crippen MR) is 87.7 cm³/mol. The third kappa shape index (κ3) is 4.87. The average Bonchev–Trinajstić information content (AvgIpc) is 2.53. The molecule has 1 aliphatic rings. The molecular formula is C16H23ClN2O3. The fraction of sp³-hybridized carbons (Fsp3) is 0.562. The number of nitrogens with zero attached hydrogens (tertiary/aromatic N) is 1. The lowest BCUT2D eigenvalue weighted by atomic mass is 10.1. The molecule has 1 fully saturated rings. The first-order chi connectivity index (χ1) is 10.6. The van der Waals surface area contributed by atoms with Crippen LogP contribution in [0, 0.1) is 0 Å². The fourth-order valence-corrected chi connectivity index (χ4v) is 2.79. The standard InChI is InChI=1S/C16H23ClN2O3/c1-21-13-5-8-19(9-6-13)10-7-16(20)18-14-11-12(17)3-4-15(14)22-2/h3-4,11,13H,5-10H2,1-2H3,(H,18,20). The smallest absolute Gasteiger partial charge is 0.225 e. The van der Waals surface area contributed by atoms with E-state index >= 15 is 0 Å². The molecule has 1 amide bonds. The Balaban J connectivity index is 1.80. The quantitative estimate of drug-likeness (QED) is 0.873. The number of anilines is 1. The van der Waals surface area contributed by atoms with Gasteiger partial charge in [0.1, 0.15) is 5.75 Å². The summed E-state index contributed by atoms with van der Waals surface area (Å²) in [5.41, 5.74) is 0.609.